The molecule has 0 bridgehead atoms. The molecule has 1 aliphatic rings. The largest absolute Gasteiger partial charge is 0.388 e. The van der Waals surface area contributed by atoms with E-state index >= 15 is 0 Å². The Morgan fingerprint density at radius 2 is 1.95 bits per heavy atom. The Bertz CT molecular complexity index is 502. The third kappa shape index (κ3) is 3.31. The molecule has 1 fully saturated rings. The Kier molecular flexibility index (Phi) is 4.56. The van der Waals surface area contributed by atoms with Crippen LogP contribution in [0.1, 0.15) is 36.2 Å². The molecule has 1 saturated carbocycles. The van der Waals surface area contributed by atoms with E-state index in [0.717, 1.165) is 12.8 Å². The lowest BCUT2D eigenvalue weighted by molar-refractivity contribution is 0.0448. The topological polar surface area (TPSA) is 62.2 Å². The van der Waals surface area contributed by atoms with Crippen molar-refractivity contribution in [3.8, 4) is 0 Å². The Balaban J connectivity index is 2.06. The second-order valence-corrected chi connectivity index (χ2v) is 5.86. The number of amides is 1. The fourth-order valence-corrected chi connectivity index (χ4v) is 2.71. The predicted molar refractivity (Wildman–Crippen MR) is 75.0 cm³/mol. The maximum atomic E-state index is 12.0. The third-order valence-electron chi connectivity index (χ3n) is 3.24. The van der Waals surface area contributed by atoms with Crippen molar-refractivity contribution in [3.63, 3.8) is 0 Å². The fraction of sp³-hybridized carbons (Fsp3) is 0.500. The number of pyridine rings is 1. The summed E-state index contributed by atoms with van der Waals surface area (Å²) in [5.74, 6) is -0.469. The number of hydrogen-bond acceptors (Lipinski definition) is 3. The van der Waals surface area contributed by atoms with Crippen LogP contribution in [0.3, 0.4) is 0 Å². The van der Waals surface area contributed by atoms with Gasteiger partial charge in [-0.3, -0.25) is 4.79 Å². The average Bonchev–Trinajstić information content (AvgIpc) is 2.81. The summed E-state index contributed by atoms with van der Waals surface area (Å²) < 4.78 is 0. The summed E-state index contributed by atoms with van der Waals surface area (Å²) in [4.78, 5) is 15.8. The van der Waals surface area contributed by atoms with Crippen LogP contribution in [0.5, 0.6) is 0 Å². The van der Waals surface area contributed by atoms with Gasteiger partial charge in [-0.2, -0.15) is 0 Å². The van der Waals surface area contributed by atoms with Crippen LogP contribution >= 0.6 is 34.8 Å². The van der Waals surface area contributed by atoms with Gasteiger partial charge in [0, 0.05) is 12.7 Å². The van der Waals surface area contributed by atoms with Gasteiger partial charge in [0.1, 0.15) is 5.69 Å². The Labute approximate surface area is 126 Å². The number of rotatable bonds is 3. The molecule has 0 unspecified atom stereocenters. The van der Waals surface area contributed by atoms with Crippen LogP contribution in [0.25, 0.3) is 0 Å². The molecule has 1 heterocycles. The highest BCUT2D eigenvalue weighted by molar-refractivity contribution is 6.48. The zero-order valence-corrected chi connectivity index (χ0v) is 12.3. The van der Waals surface area contributed by atoms with Gasteiger partial charge in [-0.25, -0.2) is 4.98 Å². The molecule has 1 aliphatic carbocycles. The zero-order valence-electron chi connectivity index (χ0n) is 10.0. The quantitative estimate of drug-likeness (QED) is 0.898. The minimum Gasteiger partial charge on any atom is -0.388 e. The van der Waals surface area contributed by atoms with E-state index in [1.54, 1.807) is 0 Å². The van der Waals surface area contributed by atoms with Crippen molar-refractivity contribution in [3.05, 3.63) is 27.0 Å². The molecular formula is C12H13Cl3N2O2. The van der Waals surface area contributed by atoms with E-state index in [1.807, 2.05) is 0 Å². The van der Waals surface area contributed by atoms with Gasteiger partial charge in [0.2, 0.25) is 0 Å². The van der Waals surface area contributed by atoms with Crippen molar-refractivity contribution in [1.29, 1.82) is 0 Å². The number of halogens is 3. The van der Waals surface area contributed by atoms with Gasteiger partial charge < -0.3 is 10.4 Å². The van der Waals surface area contributed by atoms with Crippen LogP contribution < -0.4 is 5.32 Å². The monoisotopic (exact) mass is 322 g/mol. The molecule has 2 N–H and O–H groups in total. The summed E-state index contributed by atoms with van der Waals surface area (Å²) >= 11 is 17.5. The van der Waals surface area contributed by atoms with Crippen LogP contribution in [0.4, 0.5) is 0 Å². The molecule has 4 nitrogen and oxygen atoms in total. The number of carbonyl (C=O) groups is 1. The van der Waals surface area contributed by atoms with Gasteiger partial charge in [-0.15, -0.1) is 0 Å². The molecule has 2 rings (SSSR count). The highest BCUT2D eigenvalue weighted by atomic mass is 35.5. The summed E-state index contributed by atoms with van der Waals surface area (Å²) in [5, 5.41) is 13.1. The van der Waals surface area contributed by atoms with Gasteiger partial charge in [0.25, 0.3) is 5.91 Å². The van der Waals surface area contributed by atoms with Crippen LogP contribution in [0.2, 0.25) is 15.1 Å². The maximum absolute atomic E-state index is 12.0. The fourth-order valence-electron chi connectivity index (χ4n) is 2.14. The highest BCUT2D eigenvalue weighted by Gasteiger charge is 2.31. The van der Waals surface area contributed by atoms with Gasteiger partial charge in [-0.05, 0) is 12.8 Å². The lowest BCUT2D eigenvalue weighted by Gasteiger charge is -2.22. The van der Waals surface area contributed by atoms with Gasteiger partial charge >= 0.3 is 0 Å². The van der Waals surface area contributed by atoms with Crippen LogP contribution in [0, 0.1) is 0 Å². The smallest absolute Gasteiger partial charge is 0.271 e. The second-order valence-electron chi connectivity index (χ2n) is 4.70. The van der Waals surface area contributed by atoms with E-state index in [-0.39, 0.29) is 27.3 Å². The Morgan fingerprint density at radius 3 is 2.58 bits per heavy atom. The first-order valence-electron chi connectivity index (χ1n) is 5.93. The molecule has 1 aromatic rings. The van der Waals surface area contributed by atoms with E-state index in [4.69, 9.17) is 34.8 Å². The number of aromatic nitrogens is 1. The van der Waals surface area contributed by atoms with Crippen molar-refractivity contribution in [2.75, 3.05) is 6.54 Å². The maximum Gasteiger partial charge on any atom is 0.271 e. The number of hydrogen-bond donors (Lipinski definition) is 2. The summed E-state index contributed by atoms with van der Waals surface area (Å²) in [6.07, 6.45) is 4.59. The highest BCUT2D eigenvalue weighted by Crippen LogP contribution is 2.31. The van der Waals surface area contributed by atoms with Crippen molar-refractivity contribution >= 4 is 40.7 Å². The van der Waals surface area contributed by atoms with Gasteiger partial charge in [0.05, 0.1) is 20.7 Å². The summed E-state index contributed by atoms with van der Waals surface area (Å²) in [5.41, 5.74) is -0.809. The van der Waals surface area contributed by atoms with Crippen molar-refractivity contribution in [1.82, 2.24) is 10.3 Å². The van der Waals surface area contributed by atoms with E-state index in [9.17, 15) is 9.90 Å². The molecule has 104 valence electrons. The zero-order chi connectivity index (χ0) is 14.0. The number of carbonyl (C=O) groups excluding carboxylic acids is 1. The lowest BCUT2D eigenvalue weighted by Crippen LogP contribution is -2.41. The molecule has 7 heteroatoms. The first-order valence-corrected chi connectivity index (χ1v) is 7.06. The van der Waals surface area contributed by atoms with E-state index in [2.05, 4.69) is 10.3 Å². The van der Waals surface area contributed by atoms with E-state index < -0.39 is 11.5 Å². The minimum atomic E-state index is -0.821. The van der Waals surface area contributed by atoms with E-state index in [1.165, 1.54) is 6.20 Å². The molecule has 19 heavy (non-hydrogen) atoms. The second kappa shape index (κ2) is 5.83. The average molecular weight is 324 g/mol. The molecule has 0 atom stereocenters. The molecule has 0 aliphatic heterocycles. The number of nitrogens with one attached hydrogen (secondary N) is 1. The van der Waals surface area contributed by atoms with Crippen LogP contribution in [-0.2, 0) is 0 Å². The molecular weight excluding hydrogens is 311 g/mol. The molecule has 0 saturated heterocycles. The first-order chi connectivity index (χ1) is 8.93. The normalized spacial score (nSPS) is 17.5. The van der Waals surface area contributed by atoms with Crippen molar-refractivity contribution < 1.29 is 9.90 Å². The standard InChI is InChI=1S/C12H13Cl3N2O2/c13-7-5-16-10(9(15)8(7)14)11(18)17-6-12(19)3-1-2-4-12/h5,19H,1-4,6H2,(H,17,18). The summed E-state index contributed by atoms with van der Waals surface area (Å²) in [7, 11) is 0. The molecule has 1 amide bonds. The molecule has 0 aromatic carbocycles. The summed E-state index contributed by atoms with van der Waals surface area (Å²) in [6, 6.07) is 0. The molecule has 0 spiro atoms. The SMILES string of the molecule is O=C(NCC1(O)CCCC1)c1ncc(Cl)c(Cl)c1Cl. The Hall–Kier alpha value is -0.550. The van der Waals surface area contributed by atoms with Crippen molar-refractivity contribution in [2.45, 2.75) is 31.3 Å². The van der Waals surface area contributed by atoms with Gasteiger partial charge in [0.15, 0.2) is 0 Å². The molecule has 1 aromatic heterocycles. The van der Waals surface area contributed by atoms with Crippen LogP contribution in [0.15, 0.2) is 6.20 Å². The van der Waals surface area contributed by atoms with Crippen molar-refractivity contribution in [2.24, 2.45) is 0 Å². The van der Waals surface area contributed by atoms with Crippen LogP contribution in [-0.4, -0.2) is 28.1 Å². The predicted octanol–water partition coefficient (Wildman–Crippen LogP) is 3.08. The summed E-state index contributed by atoms with van der Waals surface area (Å²) in [6.45, 7) is 0.185. The van der Waals surface area contributed by atoms with E-state index in [0.29, 0.717) is 12.8 Å². The number of aliphatic hydroxyl groups is 1. The molecule has 0 radical (unpaired) electrons. The van der Waals surface area contributed by atoms with Gasteiger partial charge in [-0.1, -0.05) is 47.6 Å². The number of nitrogens with zero attached hydrogens (tertiary/aromatic N) is 1. The third-order valence-corrected chi connectivity index (χ3v) is 4.49. The Morgan fingerprint density at radius 1 is 1.32 bits per heavy atom. The first kappa shape index (κ1) is 14.9. The lowest BCUT2D eigenvalue weighted by atomic mass is 10.0. The minimum absolute atomic E-state index is 0.0117.